The van der Waals surface area contributed by atoms with Crippen LogP contribution in [0.4, 0.5) is 11.4 Å². The number of aryl methyl sites for hydroxylation is 1. The molecule has 0 saturated carbocycles. The molecule has 0 radical (unpaired) electrons. The minimum atomic E-state index is -3.75. The van der Waals surface area contributed by atoms with Crippen LogP contribution in [0.1, 0.15) is 35.1 Å². The summed E-state index contributed by atoms with van der Waals surface area (Å²) in [6.07, 6.45) is 5.33. The molecule has 0 fully saturated rings. The highest BCUT2D eigenvalue weighted by atomic mass is 35.5. The molecule has 33 heavy (non-hydrogen) atoms. The summed E-state index contributed by atoms with van der Waals surface area (Å²) in [5.74, 6) is 1.29. The number of halogens is 1. The molecule has 2 aliphatic rings. The van der Waals surface area contributed by atoms with E-state index in [-0.39, 0.29) is 16.9 Å². The number of rotatable bonds is 5. The Morgan fingerprint density at radius 2 is 1.85 bits per heavy atom. The zero-order chi connectivity index (χ0) is 23.2. The fourth-order valence-electron chi connectivity index (χ4n) is 4.75. The van der Waals surface area contributed by atoms with Crippen molar-refractivity contribution in [3.8, 4) is 5.75 Å². The summed E-state index contributed by atoms with van der Waals surface area (Å²) in [5, 5.41) is 4.17. The van der Waals surface area contributed by atoms with Crippen LogP contribution in [0.3, 0.4) is 0 Å². The predicted molar refractivity (Wildman–Crippen MR) is 133 cm³/mol. The average Bonchev–Trinajstić information content (AvgIpc) is 3.31. The van der Waals surface area contributed by atoms with Crippen molar-refractivity contribution in [3.63, 3.8) is 0 Å². The van der Waals surface area contributed by atoms with Crippen molar-refractivity contribution in [1.29, 1.82) is 0 Å². The van der Waals surface area contributed by atoms with Crippen molar-refractivity contribution < 1.29 is 13.2 Å². The Morgan fingerprint density at radius 3 is 2.58 bits per heavy atom. The molecule has 170 valence electrons. The van der Waals surface area contributed by atoms with E-state index in [9.17, 15) is 8.42 Å². The molecular formula is C26H25ClN2O3S. The minimum absolute atomic E-state index is 0.138. The van der Waals surface area contributed by atoms with Crippen molar-refractivity contribution in [3.05, 3.63) is 94.5 Å². The van der Waals surface area contributed by atoms with Gasteiger partial charge in [0.25, 0.3) is 10.0 Å². The monoisotopic (exact) mass is 480 g/mol. The summed E-state index contributed by atoms with van der Waals surface area (Å²) in [4.78, 5) is 0.238. The largest absolute Gasteiger partial charge is 0.497 e. The quantitative estimate of drug-likeness (QED) is 0.421. The number of benzene rings is 3. The van der Waals surface area contributed by atoms with Crippen LogP contribution >= 0.6 is 11.6 Å². The standard InChI is InChI=1S/C26H25ClN2O3S/c1-16-6-9-18(14-24(16)27)29-33(30,31)20-12-13-25-23(15-20)21-4-3-5-22(21)26(28-25)17-7-10-19(32-2)11-8-17/h3-4,6-15,21-22,26,28-29H,5H2,1-2H3/t21-,22+,26+/m0/s1. The molecular weight excluding hydrogens is 456 g/mol. The molecule has 1 aliphatic heterocycles. The first-order valence-corrected chi connectivity index (χ1v) is 12.7. The predicted octanol–water partition coefficient (Wildman–Crippen LogP) is 6.28. The first-order valence-electron chi connectivity index (χ1n) is 10.9. The van der Waals surface area contributed by atoms with Crippen LogP contribution in [0, 0.1) is 12.8 Å². The van der Waals surface area contributed by atoms with E-state index in [4.69, 9.17) is 16.3 Å². The molecule has 3 aromatic rings. The molecule has 1 aliphatic carbocycles. The summed E-state index contributed by atoms with van der Waals surface area (Å²) in [5.41, 5.74) is 4.49. The van der Waals surface area contributed by atoms with Gasteiger partial charge in [0, 0.05) is 16.6 Å². The molecule has 0 amide bonds. The highest BCUT2D eigenvalue weighted by molar-refractivity contribution is 7.92. The number of nitrogens with one attached hydrogen (secondary N) is 2. The van der Waals surface area contributed by atoms with Crippen molar-refractivity contribution in [2.75, 3.05) is 17.1 Å². The topological polar surface area (TPSA) is 67.4 Å². The van der Waals surface area contributed by atoms with Gasteiger partial charge in [0.15, 0.2) is 0 Å². The van der Waals surface area contributed by atoms with E-state index >= 15 is 0 Å². The second kappa shape index (κ2) is 8.43. The number of sulfonamides is 1. The number of methoxy groups -OCH3 is 1. The normalized spacial score (nSPS) is 21.1. The van der Waals surface area contributed by atoms with Crippen molar-refractivity contribution >= 4 is 33.0 Å². The highest BCUT2D eigenvalue weighted by Crippen LogP contribution is 2.50. The molecule has 0 spiro atoms. The second-order valence-corrected chi connectivity index (χ2v) is 10.7. The lowest BCUT2D eigenvalue weighted by atomic mass is 9.77. The molecule has 2 N–H and O–H groups in total. The Bertz CT molecular complexity index is 1340. The zero-order valence-electron chi connectivity index (χ0n) is 18.4. The van der Waals surface area contributed by atoms with Crippen molar-refractivity contribution in [2.45, 2.75) is 30.2 Å². The molecule has 0 aromatic heterocycles. The molecule has 1 heterocycles. The first kappa shape index (κ1) is 21.9. The van der Waals surface area contributed by atoms with Gasteiger partial charge in [0.2, 0.25) is 0 Å². The fraction of sp³-hybridized carbons (Fsp3) is 0.231. The van der Waals surface area contributed by atoms with Gasteiger partial charge in [0.05, 0.1) is 23.7 Å². The average molecular weight is 481 g/mol. The molecule has 7 heteroatoms. The van der Waals surface area contributed by atoms with Gasteiger partial charge in [-0.2, -0.15) is 0 Å². The van der Waals surface area contributed by atoms with Crippen LogP contribution < -0.4 is 14.8 Å². The van der Waals surface area contributed by atoms with Crippen LogP contribution in [-0.4, -0.2) is 15.5 Å². The highest BCUT2D eigenvalue weighted by Gasteiger charge is 2.38. The van der Waals surface area contributed by atoms with Gasteiger partial charge >= 0.3 is 0 Å². The summed E-state index contributed by atoms with van der Waals surface area (Å²) < 4.78 is 34.2. The first-order chi connectivity index (χ1) is 15.9. The molecule has 3 atom stereocenters. The van der Waals surface area contributed by atoms with E-state index in [1.807, 2.05) is 25.1 Å². The molecule has 0 unspecified atom stereocenters. The van der Waals surface area contributed by atoms with E-state index in [0.29, 0.717) is 16.6 Å². The van der Waals surface area contributed by atoms with E-state index in [1.165, 1.54) is 5.56 Å². The van der Waals surface area contributed by atoms with Gasteiger partial charge < -0.3 is 10.1 Å². The maximum Gasteiger partial charge on any atom is 0.261 e. The summed E-state index contributed by atoms with van der Waals surface area (Å²) >= 11 is 6.17. The third-order valence-corrected chi connectivity index (χ3v) is 8.33. The Hall–Kier alpha value is -2.96. The molecule has 5 nitrogen and oxygen atoms in total. The summed E-state index contributed by atoms with van der Waals surface area (Å²) in [6, 6.07) is 18.7. The van der Waals surface area contributed by atoms with Gasteiger partial charge in [-0.3, -0.25) is 4.72 Å². The van der Waals surface area contributed by atoms with E-state index in [2.05, 4.69) is 34.3 Å². The number of fused-ring (bicyclic) bond motifs is 3. The Kier molecular flexibility index (Phi) is 5.59. The van der Waals surface area contributed by atoms with Crippen LogP contribution in [0.15, 0.2) is 77.7 Å². The van der Waals surface area contributed by atoms with E-state index in [0.717, 1.165) is 29.0 Å². The Morgan fingerprint density at radius 1 is 1.06 bits per heavy atom. The lowest BCUT2D eigenvalue weighted by Gasteiger charge is -2.37. The number of ether oxygens (including phenoxy) is 1. The third kappa shape index (κ3) is 4.09. The van der Waals surface area contributed by atoms with Gasteiger partial charge in [-0.05, 0) is 78.4 Å². The Balaban J connectivity index is 1.46. The molecule has 5 rings (SSSR count). The maximum atomic E-state index is 13.1. The minimum Gasteiger partial charge on any atom is -0.497 e. The van der Waals surface area contributed by atoms with Gasteiger partial charge in [-0.25, -0.2) is 8.42 Å². The zero-order valence-corrected chi connectivity index (χ0v) is 20.0. The molecule has 0 saturated heterocycles. The van der Waals surface area contributed by atoms with E-state index < -0.39 is 10.0 Å². The Labute approximate surface area is 199 Å². The van der Waals surface area contributed by atoms with Crippen LogP contribution in [0.25, 0.3) is 0 Å². The number of allylic oxidation sites excluding steroid dienone is 2. The van der Waals surface area contributed by atoms with E-state index in [1.54, 1.807) is 37.4 Å². The number of hydrogen-bond acceptors (Lipinski definition) is 4. The van der Waals surface area contributed by atoms with Crippen LogP contribution in [0.2, 0.25) is 5.02 Å². The van der Waals surface area contributed by atoms with Gasteiger partial charge in [-0.1, -0.05) is 42.0 Å². The lowest BCUT2D eigenvalue weighted by Crippen LogP contribution is -2.29. The molecule has 0 bridgehead atoms. The van der Waals surface area contributed by atoms with Crippen LogP contribution in [-0.2, 0) is 10.0 Å². The lowest BCUT2D eigenvalue weighted by molar-refractivity contribution is 0.411. The number of hydrogen-bond donors (Lipinski definition) is 2. The smallest absolute Gasteiger partial charge is 0.261 e. The van der Waals surface area contributed by atoms with Gasteiger partial charge in [0.1, 0.15) is 5.75 Å². The summed E-state index contributed by atoms with van der Waals surface area (Å²) in [7, 11) is -2.09. The maximum absolute atomic E-state index is 13.1. The molecule has 3 aromatic carbocycles. The number of anilines is 2. The fourth-order valence-corrected chi connectivity index (χ4v) is 6.02. The van der Waals surface area contributed by atoms with Crippen LogP contribution in [0.5, 0.6) is 5.75 Å². The van der Waals surface area contributed by atoms with Gasteiger partial charge in [-0.15, -0.1) is 0 Å². The van der Waals surface area contributed by atoms with Crippen molar-refractivity contribution in [1.82, 2.24) is 0 Å². The SMILES string of the molecule is COc1ccc([C@H]2Nc3ccc(S(=O)(=O)Nc4ccc(C)c(Cl)c4)cc3[C@H]3C=CC[C@H]32)cc1. The second-order valence-electron chi connectivity index (χ2n) is 8.57. The van der Waals surface area contributed by atoms with Crippen molar-refractivity contribution in [2.24, 2.45) is 5.92 Å². The summed E-state index contributed by atoms with van der Waals surface area (Å²) in [6.45, 7) is 1.88. The third-order valence-electron chi connectivity index (χ3n) is 6.54.